The Hall–Kier alpha value is -9.50. The third-order valence-electron chi connectivity index (χ3n) is 16.8. The number of para-hydroxylation sites is 3. The van der Waals surface area contributed by atoms with E-state index in [2.05, 4.69) is 289 Å². The Morgan fingerprint density at radius 1 is 0.203 bits per heavy atom. The quantitative estimate of drug-likeness (QED) is 0.164. The fourth-order valence-electron chi connectivity index (χ4n) is 14.3. The van der Waals surface area contributed by atoms with E-state index in [0.29, 0.717) is 0 Å². The van der Waals surface area contributed by atoms with Gasteiger partial charge in [-0.25, -0.2) is 0 Å². The van der Waals surface area contributed by atoms with Gasteiger partial charge in [-0.15, -0.1) is 0 Å². The second-order valence-corrected chi connectivity index (χ2v) is 20.2. The minimum atomic E-state index is -0.638. The van der Waals surface area contributed by atoms with E-state index in [0.717, 1.165) is 34.1 Å². The second-order valence-electron chi connectivity index (χ2n) is 20.2. The summed E-state index contributed by atoms with van der Waals surface area (Å²) in [4.78, 5) is 5.03. The summed E-state index contributed by atoms with van der Waals surface area (Å²) in [5.41, 5.74) is 26.5. The van der Waals surface area contributed by atoms with Crippen LogP contribution in [0.4, 0.5) is 34.1 Å². The van der Waals surface area contributed by atoms with Gasteiger partial charge in [0.2, 0.25) is 0 Å². The van der Waals surface area contributed by atoms with Crippen molar-refractivity contribution in [3.8, 4) is 44.5 Å². The van der Waals surface area contributed by atoms with Gasteiger partial charge in [-0.2, -0.15) is 0 Å². The van der Waals surface area contributed by atoms with Crippen LogP contribution in [0.25, 0.3) is 55.3 Å². The average molecular weight is 939 g/mol. The Bertz CT molecular complexity index is 4190. The van der Waals surface area contributed by atoms with Crippen LogP contribution in [0.3, 0.4) is 0 Å². The molecular formula is C72H46N2. The molecule has 0 saturated carbocycles. The van der Waals surface area contributed by atoms with Gasteiger partial charge < -0.3 is 9.80 Å². The van der Waals surface area contributed by atoms with Crippen molar-refractivity contribution in [2.75, 3.05) is 9.80 Å². The van der Waals surface area contributed by atoms with E-state index in [1.807, 2.05) is 0 Å². The Balaban J connectivity index is 1.00. The zero-order valence-electron chi connectivity index (χ0n) is 40.5. The molecule has 1 unspecified atom stereocenters. The normalized spacial score (nSPS) is 15.2. The summed E-state index contributed by atoms with van der Waals surface area (Å²) in [5, 5.41) is 2.46. The van der Waals surface area contributed by atoms with Crippen molar-refractivity contribution in [1.29, 1.82) is 0 Å². The lowest BCUT2D eigenvalue weighted by atomic mass is 9.70. The topological polar surface area (TPSA) is 6.48 Å². The molecule has 2 heteroatoms. The number of hydrogen-bond acceptors (Lipinski definition) is 2. The molecule has 12 aromatic rings. The van der Waals surface area contributed by atoms with Crippen LogP contribution in [-0.4, -0.2) is 0 Å². The van der Waals surface area contributed by atoms with Crippen molar-refractivity contribution in [2.24, 2.45) is 0 Å². The molecule has 0 amide bonds. The lowest BCUT2D eigenvalue weighted by Gasteiger charge is -2.34. The maximum Gasteiger partial charge on any atom is 0.0727 e. The predicted molar refractivity (Wildman–Crippen MR) is 306 cm³/mol. The molecular weight excluding hydrogens is 893 g/mol. The minimum absolute atomic E-state index is 0.474. The van der Waals surface area contributed by atoms with Gasteiger partial charge in [0.15, 0.2) is 0 Å². The monoisotopic (exact) mass is 938 g/mol. The van der Waals surface area contributed by atoms with Crippen LogP contribution in [0.1, 0.15) is 44.5 Å². The van der Waals surface area contributed by atoms with E-state index < -0.39 is 10.8 Å². The number of benzene rings is 12. The summed E-state index contributed by atoms with van der Waals surface area (Å²) >= 11 is 0. The van der Waals surface area contributed by atoms with Crippen molar-refractivity contribution >= 4 is 44.9 Å². The van der Waals surface area contributed by atoms with Crippen molar-refractivity contribution in [1.82, 2.24) is 0 Å². The first-order valence-corrected chi connectivity index (χ1v) is 25.9. The molecule has 1 atom stereocenters. The fourth-order valence-corrected chi connectivity index (χ4v) is 14.3. The lowest BCUT2D eigenvalue weighted by molar-refractivity contribution is 0.793. The van der Waals surface area contributed by atoms with E-state index in [1.165, 1.54) is 99.8 Å². The van der Waals surface area contributed by atoms with Gasteiger partial charge in [0, 0.05) is 33.6 Å². The van der Waals surface area contributed by atoms with E-state index in [4.69, 9.17) is 0 Å². The van der Waals surface area contributed by atoms with Crippen LogP contribution >= 0.6 is 0 Å². The highest BCUT2D eigenvalue weighted by atomic mass is 15.2. The maximum absolute atomic E-state index is 2.58. The summed E-state index contributed by atoms with van der Waals surface area (Å²) < 4.78 is 0. The summed E-state index contributed by atoms with van der Waals surface area (Å²) in [6.07, 6.45) is 0. The van der Waals surface area contributed by atoms with Crippen molar-refractivity contribution in [2.45, 2.75) is 10.8 Å². The van der Waals surface area contributed by atoms with Crippen molar-refractivity contribution in [3.05, 3.63) is 324 Å². The zero-order valence-corrected chi connectivity index (χ0v) is 40.5. The van der Waals surface area contributed by atoms with Gasteiger partial charge in [-0.05, 0) is 138 Å². The molecule has 0 N–H and O–H groups in total. The third-order valence-corrected chi connectivity index (χ3v) is 16.8. The van der Waals surface area contributed by atoms with E-state index >= 15 is 0 Å². The van der Waals surface area contributed by atoms with Crippen LogP contribution in [0.5, 0.6) is 0 Å². The highest BCUT2D eigenvalue weighted by Gasteiger charge is 2.55. The molecule has 4 aliphatic carbocycles. The zero-order chi connectivity index (χ0) is 48.5. The Morgan fingerprint density at radius 2 is 0.527 bits per heavy atom. The molecule has 74 heavy (non-hydrogen) atoms. The highest BCUT2D eigenvalue weighted by molar-refractivity contribution is 6.13. The molecule has 344 valence electrons. The van der Waals surface area contributed by atoms with Crippen LogP contribution in [0.15, 0.2) is 279 Å². The maximum atomic E-state index is 2.58. The van der Waals surface area contributed by atoms with Gasteiger partial charge >= 0.3 is 0 Å². The fraction of sp³-hybridized carbons (Fsp3) is 0.0278. The molecule has 0 fully saturated rings. The van der Waals surface area contributed by atoms with E-state index in [-0.39, 0.29) is 0 Å². The largest absolute Gasteiger partial charge is 0.310 e. The summed E-state index contributed by atoms with van der Waals surface area (Å²) in [6.45, 7) is 0. The number of fused-ring (bicyclic) bond motifs is 22. The van der Waals surface area contributed by atoms with Crippen LogP contribution in [0, 0.1) is 0 Å². The Morgan fingerprint density at radius 3 is 0.986 bits per heavy atom. The van der Waals surface area contributed by atoms with Gasteiger partial charge in [0.1, 0.15) is 0 Å². The van der Waals surface area contributed by atoms with Crippen LogP contribution in [-0.2, 0) is 10.8 Å². The average Bonchev–Trinajstić information content (AvgIpc) is 4.16. The Labute approximate surface area is 431 Å². The molecule has 4 aliphatic rings. The molecule has 12 aromatic carbocycles. The van der Waals surface area contributed by atoms with Crippen molar-refractivity contribution in [3.63, 3.8) is 0 Å². The number of nitrogens with zero attached hydrogens (tertiary/aromatic N) is 2. The molecule has 0 saturated heterocycles. The molecule has 0 bridgehead atoms. The molecule has 2 nitrogen and oxygen atoms in total. The standard InChI is InChI=1S/C72H46N2/c1-4-24-47(25-5-1)73(48-26-6-2-7-27-48)67-46-64-68(53-33-11-10-32-52(53)67)54-34-14-19-39-59(54)72(64)61-41-21-16-36-56(61)70-63(72)43-23-45-66(70)74(49-28-8-3-9-29-49)65-44-22-42-62-69(65)55-35-15-20-40-60(55)71(62)57-37-17-12-30-50(57)51-31-13-18-38-58(51)71/h1-46H. The number of rotatable bonds is 6. The van der Waals surface area contributed by atoms with Gasteiger partial charge in [0.05, 0.1) is 27.9 Å². The first-order chi connectivity index (χ1) is 36.8. The Kier molecular flexibility index (Phi) is 8.62. The summed E-state index contributed by atoms with van der Waals surface area (Å²) in [6, 6.07) is 105. The minimum Gasteiger partial charge on any atom is -0.310 e. The molecule has 0 aromatic heterocycles. The predicted octanol–water partition coefficient (Wildman–Crippen LogP) is 18.5. The summed E-state index contributed by atoms with van der Waals surface area (Å²) in [7, 11) is 0. The second kappa shape index (κ2) is 15.5. The molecule has 0 radical (unpaired) electrons. The molecule has 0 heterocycles. The van der Waals surface area contributed by atoms with Gasteiger partial charge in [-0.3, -0.25) is 0 Å². The lowest BCUT2D eigenvalue weighted by Crippen LogP contribution is -2.26. The molecule has 2 spiro atoms. The number of anilines is 6. The van der Waals surface area contributed by atoms with Crippen LogP contribution < -0.4 is 9.80 Å². The van der Waals surface area contributed by atoms with E-state index in [9.17, 15) is 0 Å². The van der Waals surface area contributed by atoms with E-state index in [1.54, 1.807) is 0 Å². The van der Waals surface area contributed by atoms with Crippen LogP contribution in [0.2, 0.25) is 0 Å². The van der Waals surface area contributed by atoms with Gasteiger partial charge in [-0.1, -0.05) is 224 Å². The molecule has 16 rings (SSSR count). The summed E-state index contributed by atoms with van der Waals surface area (Å²) in [5.74, 6) is 0. The first-order valence-electron chi connectivity index (χ1n) is 25.9. The van der Waals surface area contributed by atoms with Crippen molar-refractivity contribution < 1.29 is 0 Å². The first kappa shape index (κ1) is 41.2. The highest BCUT2D eigenvalue weighted by Crippen LogP contribution is 2.68. The third kappa shape index (κ3) is 5.23. The SMILES string of the molecule is c1ccc(N(c2cccc3c2-c2ccccc2C32c3ccccc3-c3ccccc32)c2cccc3c2-c2ccccc2C32c3ccccc3-c3c2cc(N(c2ccccc2)c2ccccc2)c2ccccc32)cc1. The van der Waals surface area contributed by atoms with Gasteiger partial charge in [0.25, 0.3) is 0 Å². The molecule has 0 aliphatic heterocycles. The smallest absolute Gasteiger partial charge is 0.0727 e. The number of hydrogen-bond donors (Lipinski definition) is 0.